The lowest BCUT2D eigenvalue weighted by Gasteiger charge is -2.08. The molecule has 0 radical (unpaired) electrons. The summed E-state index contributed by atoms with van der Waals surface area (Å²) in [6, 6.07) is 10.3. The van der Waals surface area contributed by atoms with Crippen molar-refractivity contribution in [2.24, 2.45) is 0 Å². The van der Waals surface area contributed by atoms with Crippen molar-refractivity contribution in [3.63, 3.8) is 0 Å². The quantitative estimate of drug-likeness (QED) is 0.385. The Morgan fingerprint density at radius 2 is 1.93 bits per heavy atom. The van der Waals surface area contributed by atoms with Crippen molar-refractivity contribution in [2.45, 2.75) is 25.4 Å². The average molecular weight is 430 g/mol. The molecule has 3 heterocycles. The van der Waals surface area contributed by atoms with Crippen LogP contribution >= 0.6 is 11.3 Å². The number of anilines is 2. The third-order valence-corrected chi connectivity index (χ3v) is 5.84. The standard InChI is InChI=1S/C21H17F3N4OS/c1-13(10-18(29)16-11-26-28-9-3-2-4-17(16)28)19-12-25-20(30-19)27-15-7-5-14(6-8-15)21(22,23)24/h2-9,11-13H,10H2,1H3,(H,25,27). The van der Waals surface area contributed by atoms with Gasteiger partial charge in [0.25, 0.3) is 0 Å². The fourth-order valence-corrected chi connectivity index (χ4v) is 3.96. The van der Waals surface area contributed by atoms with E-state index in [0.29, 0.717) is 22.8 Å². The number of nitrogens with zero attached hydrogens (tertiary/aromatic N) is 3. The number of pyridine rings is 1. The van der Waals surface area contributed by atoms with Gasteiger partial charge in [-0.3, -0.25) is 4.79 Å². The molecule has 3 aromatic heterocycles. The number of fused-ring (bicyclic) bond motifs is 1. The summed E-state index contributed by atoms with van der Waals surface area (Å²) in [5, 5.41) is 7.76. The Morgan fingerprint density at radius 1 is 1.17 bits per heavy atom. The summed E-state index contributed by atoms with van der Waals surface area (Å²) < 4.78 is 39.7. The Bertz CT molecular complexity index is 1180. The van der Waals surface area contributed by atoms with Crippen LogP contribution in [0.4, 0.5) is 24.0 Å². The third-order valence-electron chi connectivity index (χ3n) is 4.69. The van der Waals surface area contributed by atoms with Crippen molar-refractivity contribution >= 4 is 33.5 Å². The van der Waals surface area contributed by atoms with Crippen LogP contribution in [0, 0.1) is 0 Å². The predicted octanol–water partition coefficient (Wildman–Crippen LogP) is 5.93. The Morgan fingerprint density at radius 3 is 2.67 bits per heavy atom. The summed E-state index contributed by atoms with van der Waals surface area (Å²) in [6.07, 6.45) is 0.992. The van der Waals surface area contributed by atoms with Gasteiger partial charge in [0.1, 0.15) is 0 Å². The van der Waals surface area contributed by atoms with Gasteiger partial charge in [-0.1, -0.05) is 13.0 Å². The highest BCUT2D eigenvalue weighted by atomic mass is 32.1. The molecular weight excluding hydrogens is 413 g/mol. The lowest BCUT2D eigenvalue weighted by Crippen LogP contribution is -2.04. The maximum absolute atomic E-state index is 12.7. The van der Waals surface area contributed by atoms with E-state index in [1.54, 1.807) is 23.1 Å². The summed E-state index contributed by atoms with van der Waals surface area (Å²) in [4.78, 5) is 17.9. The van der Waals surface area contributed by atoms with Gasteiger partial charge in [0.15, 0.2) is 10.9 Å². The molecular formula is C21H17F3N4OS. The van der Waals surface area contributed by atoms with Gasteiger partial charge in [0.2, 0.25) is 0 Å². The molecule has 0 aliphatic rings. The highest BCUT2D eigenvalue weighted by molar-refractivity contribution is 7.15. The zero-order chi connectivity index (χ0) is 21.3. The summed E-state index contributed by atoms with van der Waals surface area (Å²) in [5.41, 5.74) is 1.16. The number of alkyl halides is 3. The lowest BCUT2D eigenvalue weighted by atomic mass is 10.00. The molecule has 4 rings (SSSR count). The van der Waals surface area contributed by atoms with Crippen LogP contribution in [0.2, 0.25) is 0 Å². The average Bonchev–Trinajstić information content (AvgIpc) is 3.35. The number of carbonyl (C=O) groups excluding carboxylic acids is 1. The van der Waals surface area contributed by atoms with Gasteiger partial charge in [-0.15, -0.1) is 11.3 Å². The van der Waals surface area contributed by atoms with Gasteiger partial charge < -0.3 is 5.32 Å². The van der Waals surface area contributed by atoms with Crippen LogP contribution in [-0.4, -0.2) is 20.4 Å². The topological polar surface area (TPSA) is 59.3 Å². The molecule has 4 aromatic rings. The van der Waals surface area contributed by atoms with Crippen LogP contribution in [0.3, 0.4) is 0 Å². The van der Waals surface area contributed by atoms with E-state index in [1.807, 2.05) is 25.1 Å². The maximum atomic E-state index is 12.7. The monoisotopic (exact) mass is 430 g/mol. The molecule has 9 heteroatoms. The van der Waals surface area contributed by atoms with Crippen LogP contribution in [0.5, 0.6) is 0 Å². The minimum atomic E-state index is -4.37. The fraction of sp³-hybridized carbons (Fsp3) is 0.190. The highest BCUT2D eigenvalue weighted by Crippen LogP contribution is 2.33. The van der Waals surface area contributed by atoms with Crippen LogP contribution in [0.15, 0.2) is 61.1 Å². The number of hydrogen-bond donors (Lipinski definition) is 1. The van der Waals surface area contributed by atoms with E-state index in [2.05, 4.69) is 15.4 Å². The second kappa shape index (κ2) is 7.91. The molecule has 30 heavy (non-hydrogen) atoms. The van der Waals surface area contributed by atoms with Crippen LogP contribution in [0.1, 0.15) is 40.1 Å². The summed E-state index contributed by atoms with van der Waals surface area (Å²) in [7, 11) is 0. The first-order valence-corrected chi connectivity index (χ1v) is 9.98. The molecule has 0 amide bonds. The van der Waals surface area contributed by atoms with E-state index < -0.39 is 11.7 Å². The molecule has 1 unspecified atom stereocenters. The minimum Gasteiger partial charge on any atom is -0.332 e. The van der Waals surface area contributed by atoms with Crippen LogP contribution < -0.4 is 5.32 Å². The number of Topliss-reactive ketones (excluding diaryl/α,β-unsaturated/α-hetero) is 1. The SMILES string of the molecule is CC(CC(=O)c1cnn2ccccc12)c1cnc(Nc2ccc(C(F)(F)F)cc2)s1. The molecule has 1 atom stereocenters. The maximum Gasteiger partial charge on any atom is 0.416 e. The molecule has 0 spiro atoms. The molecule has 0 aliphatic carbocycles. The van der Waals surface area contributed by atoms with Gasteiger partial charge in [0, 0.05) is 29.4 Å². The van der Waals surface area contributed by atoms with E-state index in [9.17, 15) is 18.0 Å². The fourth-order valence-electron chi connectivity index (χ4n) is 3.08. The first-order valence-electron chi connectivity index (χ1n) is 9.17. The van der Waals surface area contributed by atoms with Crippen molar-refractivity contribution < 1.29 is 18.0 Å². The van der Waals surface area contributed by atoms with E-state index in [1.165, 1.54) is 23.5 Å². The summed E-state index contributed by atoms with van der Waals surface area (Å²) in [5.74, 6) is -0.0637. The number of aromatic nitrogens is 3. The van der Waals surface area contributed by atoms with Gasteiger partial charge in [-0.2, -0.15) is 18.3 Å². The number of thiazole rings is 1. The van der Waals surface area contributed by atoms with Crippen LogP contribution in [0.25, 0.3) is 5.52 Å². The number of benzene rings is 1. The number of rotatable bonds is 6. The number of halogens is 3. The molecule has 154 valence electrons. The lowest BCUT2D eigenvalue weighted by molar-refractivity contribution is -0.137. The van der Waals surface area contributed by atoms with Crippen molar-refractivity contribution in [1.29, 1.82) is 0 Å². The number of ketones is 1. The molecule has 0 aliphatic heterocycles. The second-order valence-electron chi connectivity index (χ2n) is 6.88. The third kappa shape index (κ3) is 4.20. The molecule has 5 nitrogen and oxygen atoms in total. The molecule has 1 N–H and O–H groups in total. The van der Waals surface area contributed by atoms with Crippen molar-refractivity contribution in [1.82, 2.24) is 14.6 Å². The molecule has 0 bridgehead atoms. The Balaban J connectivity index is 1.42. The Labute approximate surface area is 174 Å². The molecule has 1 aromatic carbocycles. The smallest absolute Gasteiger partial charge is 0.332 e. The molecule has 0 saturated carbocycles. The van der Waals surface area contributed by atoms with Gasteiger partial charge >= 0.3 is 6.18 Å². The predicted molar refractivity (Wildman–Crippen MR) is 109 cm³/mol. The van der Waals surface area contributed by atoms with Gasteiger partial charge in [0.05, 0.1) is 22.8 Å². The molecule has 0 saturated heterocycles. The van der Waals surface area contributed by atoms with E-state index in [-0.39, 0.29) is 11.7 Å². The summed E-state index contributed by atoms with van der Waals surface area (Å²) in [6.45, 7) is 1.94. The van der Waals surface area contributed by atoms with Gasteiger partial charge in [-0.25, -0.2) is 9.50 Å². The van der Waals surface area contributed by atoms with Crippen molar-refractivity contribution in [3.8, 4) is 0 Å². The van der Waals surface area contributed by atoms with E-state index >= 15 is 0 Å². The zero-order valence-corrected chi connectivity index (χ0v) is 16.7. The second-order valence-corrected chi connectivity index (χ2v) is 7.95. The largest absolute Gasteiger partial charge is 0.416 e. The molecule has 0 fully saturated rings. The first kappa shape index (κ1) is 20.1. The number of carbonyl (C=O) groups is 1. The zero-order valence-electron chi connectivity index (χ0n) is 15.8. The Hall–Kier alpha value is -3.20. The summed E-state index contributed by atoms with van der Waals surface area (Å²) >= 11 is 1.37. The number of hydrogen-bond acceptors (Lipinski definition) is 5. The Kier molecular flexibility index (Phi) is 5.29. The van der Waals surface area contributed by atoms with E-state index in [0.717, 1.165) is 22.5 Å². The minimum absolute atomic E-state index is 0.00523. The van der Waals surface area contributed by atoms with E-state index in [4.69, 9.17) is 0 Å². The van der Waals surface area contributed by atoms with Gasteiger partial charge in [-0.05, 0) is 42.3 Å². The van der Waals surface area contributed by atoms with Crippen molar-refractivity contribution in [3.05, 3.63) is 77.1 Å². The normalized spacial score (nSPS) is 12.8. The number of nitrogens with one attached hydrogen (secondary N) is 1. The van der Waals surface area contributed by atoms with Crippen LogP contribution in [-0.2, 0) is 6.18 Å². The first-order chi connectivity index (χ1) is 14.3. The van der Waals surface area contributed by atoms with Crippen molar-refractivity contribution in [2.75, 3.05) is 5.32 Å². The highest BCUT2D eigenvalue weighted by Gasteiger charge is 2.30.